The number of benzene rings is 2. The number of guanidine groups is 1. The number of ether oxygens (including phenoxy) is 1. The van der Waals surface area contributed by atoms with Gasteiger partial charge in [0.1, 0.15) is 24.0 Å². The molecule has 0 spiro atoms. The van der Waals surface area contributed by atoms with E-state index in [-0.39, 0.29) is 17.7 Å². The van der Waals surface area contributed by atoms with Crippen LogP contribution in [0.15, 0.2) is 47.5 Å². The average Bonchev–Trinajstić information content (AvgIpc) is 2.78. The number of nitrogens with one attached hydrogen (secondary N) is 1. The molecule has 0 bridgehead atoms. The van der Waals surface area contributed by atoms with Crippen LogP contribution in [-0.4, -0.2) is 61.9 Å². The van der Waals surface area contributed by atoms with Crippen molar-refractivity contribution in [3.05, 3.63) is 59.7 Å². The Balaban J connectivity index is 1.56. The molecule has 0 amide bonds. The van der Waals surface area contributed by atoms with Gasteiger partial charge in [0.2, 0.25) is 0 Å². The van der Waals surface area contributed by atoms with Gasteiger partial charge in [-0.15, -0.1) is 0 Å². The lowest BCUT2D eigenvalue weighted by Gasteiger charge is -2.31. The second-order valence-corrected chi connectivity index (χ2v) is 7.90. The SMILES string of the molecule is CCNC(=NCc1ccc(N2CCC(O)CC2)c(F)c1)N(C)CCOc1ccc(F)cc1. The third kappa shape index (κ3) is 6.82. The number of halogens is 2. The third-order valence-electron chi connectivity index (χ3n) is 5.43. The van der Waals surface area contributed by atoms with Crippen LogP contribution >= 0.6 is 0 Å². The van der Waals surface area contributed by atoms with Crippen molar-refractivity contribution in [2.24, 2.45) is 4.99 Å². The molecule has 1 heterocycles. The van der Waals surface area contributed by atoms with Crippen molar-refractivity contribution in [2.45, 2.75) is 32.4 Å². The topological polar surface area (TPSA) is 60.3 Å². The summed E-state index contributed by atoms with van der Waals surface area (Å²) in [5.74, 6) is 0.751. The molecule has 2 aromatic carbocycles. The summed E-state index contributed by atoms with van der Waals surface area (Å²) in [4.78, 5) is 8.55. The molecule has 0 radical (unpaired) electrons. The van der Waals surface area contributed by atoms with E-state index in [2.05, 4.69) is 10.3 Å². The largest absolute Gasteiger partial charge is 0.492 e. The van der Waals surface area contributed by atoms with Gasteiger partial charge >= 0.3 is 0 Å². The Morgan fingerprint density at radius 3 is 2.56 bits per heavy atom. The van der Waals surface area contributed by atoms with E-state index < -0.39 is 0 Å². The van der Waals surface area contributed by atoms with Crippen LogP contribution in [-0.2, 0) is 6.54 Å². The van der Waals surface area contributed by atoms with E-state index in [1.54, 1.807) is 18.2 Å². The molecule has 0 aliphatic carbocycles. The minimum absolute atomic E-state index is 0.264. The van der Waals surface area contributed by atoms with Crippen LogP contribution in [0.4, 0.5) is 14.5 Å². The summed E-state index contributed by atoms with van der Waals surface area (Å²) in [6, 6.07) is 11.1. The van der Waals surface area contributed by atoms with Crippen LogP contribution in [0.1, 0.15) is 25.3 Å². The van der Waals surface area contributed by atoms with Gasteiger partial charge in [-0.05, 0) is 61.7 Å². The molecule has 1 fully saturated rings. The summed E-state index contributed by atoms with van der Waals surface area (Å²) < 4.78 is 33.3. The summed E-state index contributed by atoms with van der Waals surface area (Å²) in [6.45, 7) is 5.35. The number of nitrogens with zero attached hydrogens (tertiary/aromatic N) is 3. The summed E-state index contributed by atoms with van der Waals surface area (Å²) in [5.41, 5.74) is 1.36. The molecular weight excluding hydrogens is 414 g/mol. The third-order valence-corrected chi connectivity index (χ3v) is 5.43. The first kappa shape index (κ1) is 23.8. The molecule has 0 unspecified atom stereocenters. The zero-order valence-electron chi connectivity index (χ0n) is 18.7. The maximum Gasteiger partial charge on any atom is 0.194 e. The van der Waals surface area contributed by atoms with Gasteiger partial charge in [-0.3, -0.25) is 0 Å². The fourth-order valence-electron chi connectivity index (χ4n) is 3.58. The number of hydrogen-bond acceptors (Lipinski definition) is 4. The maximum absolute atomic E-state index is 14.7. The second-order valence-electron chi connectivity index (χ2n) is 7.90. The van der Waals surface area contributed by atoms with Crippen LogP contribution in [0.2, 0.25) is 0 Å². The van der Waals surface area contributed by atoms with Gasteiger partial charge < -0.3 is 25.0 Å². The molecule has 1 saturated heterocycles. The summed E-state index contributed by atoms with van der Waals surface area (Å²) in [5, 5.41) is 12.9. The molecule has 0 aromatic heterocycles. The van der Waals surface area contributed by atoms with Crippen LogP contribution in [0.3, 0.4) is 0 Å². The Hall–Kier alpha value is -2.87. The van der Waals surface area contributed by atoms with Crippen LogP contribution in [0.25, 0.3) is 0 Å². The monoisotopic (exact) mass is 446 g/mol. The van der Waals surface area contributed by atoms with E-state index in [9.17, 15) is 13.9 Å². The molecule has 2 aromatic rings. The zero-order valence-corrected chi connectivity index (χ0v) is 18.7. The Morgan fingerprint density at radius 1 is 1.19 bits per heavy atom. The van der Waals surface area contributed by atoms with Crippen molar-refractivity contribution in [3.8, 4) is 5.75 Å². The van der Waals surface area contributed by atoms with E-state index in [0.29, 0.717) is 69.6 Å². The van der Waals surface area contributed by atoms with Crippen LogP contribution < -0.4 is 15.0 Å². The Bertz CT molecular complexity index is 884. The first-order chi connectivity index (χ1) is 15.5. The Morgan fingerprint density at radius 2 is 1.91 bits per heavy atom. The van der Waals surface area contributed by atoms with Gasteiger partial charge in [0.05, 0.1) is 24.9 Å². The molecule has 8 heteroatoms. The van der Waals surface area contributed by atoms with Gasteiger partial charge in [-0.2, -0.15) is 0 Å². The van der Waals surface area contributed by atoms with Crippen molar-refractivity contribution >= 4 is 11.6 Å². The van der Waals surface area contributed by atoms with Crippen LogP contribution in [0.5, 0.6) is 5.75 Å². The van der Waals surface area contributed by atoms with Gasteiger partial charge in [0.15, 0.2) is 5.96 Å². The first-order valence-electron chi connectivity index (χ1n) is 11.1. The molecule has 0 saturated carbocycles. The lowest BCUT2D eigenvalue weighted by molar-refractivity contribution is 0.145. The molecule has 1 aliphatic heterocycles. The van der Waals surface area contributed by atoms with Crippen molar-refractivity contribution in [1.82, 2.24) is 10.2 Å². The Kier molecular flexibility index (Phi) is 8.67. The van der Waals surface area contributed by atoms with E-state index in [0.717, 1.165) is 5.56 Å². The highest BCUT2D eigenvalue weighted by molar-refractivity contribution is 5.79. The molecule has 1 aliphatic rings. The number of aliphatic hydroxyl groups excluding tert-OH is 1. The molecule has 6 nitrogen and oxygen atoms in total. The van der Waals surface area contributed by atoms with E-state index in [1.807, 2.05) is 29.8 Å². The smallest absolute Gasteiger partial charge is 0.194 e. The van der Waals surface area contributed by atoms with Crippen molar-refractivity contribution < 1.29 is 18.6 Å². The van der Waals surface area contributed by atoms with Gasteiger partial charge in [-0.25, -0.2) is 13.8 Å². The van der Waals surface area contributed by atoms with E-state index in [4.69, 9.17) is 4.74 Å². The molecule has 174 valence electrons. The van der Waals surface area contributed by atoms with Crippen molar-refractivity contribution in [1.29, 1.82) is 0 Å². The van der Waals surface area contributed by atoms with Gasteiger partial charge in [0.25, 0.3) is 0 Å². The number of piperidine rings is 1. The normalized spacial score (nSPS) is 15.0. The summed E-state index contributed by atoms with van der Waals surface area (Å²) in [6.07, 6.45) is 1.04. The number of aliphatic hydroxyl groups is 1. The fraction of sp³-hybridized carbons (Fsp3) is 0.458. The number of hydrogen-bond donors (Lipinski definition) is 2. The molecule has 32 heavy (non-hydrogen) atoms. The molecule has 2 N–H and O–H groups in total. The Labute approximate surface area is 188 Å². The standard InChI is InChI=1S/C24H32F2N4O2/c1-3-27-24(29(2)14-15-32-21-7-5-19(25)6-8-21)28-17-18-4-9-23(22(26)16-18)30-12-10-20(31)11-13-30/h4-9,16,20,31H,3,10-15,17H2,1-2H3,(H,27,28). The zero-order chi connectivity index (χ0) is 22.9. The first-order valence-corrected chi connectivity index (χ1v) is 11.1. The predicted molar refractivity (Wildman–Crippen MR) is 123 cm³/mol. The van der Waals surface area contributed by atoms with Gasteiger partial charge in [-0.1, -0.05) is 6.07 Å². The average molecular weight is 447 g/mol. The van der Waals surface area contributed by atoms with Crippen LogP contribution in [0, 0.1) is 11.6 Å². The minimum atomic E-state index is -0.296. The van der Waals surface area contributed by atoms with Gasteiger partial charge in [0, 0.05) is 26.7 Å². The fourth-order valence-corrected chi connectivity index (χ4v) is 3.58. The quantitative estimate of drug-likeness (QED) is 0.481. The lowest BCUT2D eigenvalue weighted by atomic mass is 10.1. The predicted octanol–water partition coefficient (Wildman–Crippen LogP) is 3.40. The summed E-state index contributed by atoms with van der Waals surface area (Å²) >= 11 is 0. The highest BCUT2D eigenvalue weighted by atomic mass is 19.1. The highest BCUT2D eigenvalue weighted by Crippen LogP contribution is 2.24. The lowest BCUT2D eigenvalue weighted by Crippen LogP contribution is -2.40. The number of aliphatic imine (C=N–C) groups is 1. The number of anilines is 1. The molecule has 0 atom stereocenters. The molecule has 3 rings (SSSR count). The van der Waals surface area contributed by atoms with Crippen molar-refractivity contribution in [2.75, 3.05) is 44.7 Å². The maximum atomic E-state index is 14.7. The number of likely N-dealkylation sites (N-methyl/N-ethyl adjacent to an activating group) is 1. The number of rotatable bonds is 8. The minimum Gasteiger partial charge on any atom is -0.492 e. The van der Waals surface area contributed by atoms with E-state index >= 15 is 0 Å². The second kappa shape index (κ2) is 11.7. The van der Waals surface area contributed by atoms with E-state index in [1.165, 1.54) is 18.2 Å². The molecular formula is C24H32F2N4O2. The van der Waals surface area contributed by atoms with Crippen molar-refractivity contribution in [3.63, 3.8) is 0 Å². The summed E-state index contributed by atoms with van der Waals surface area (Å²) in [7, 11) is 1.91. The highest BCUT2D eigenvalue weighted by Gasteiger charge is 2.19.